The molecule has 1 unspecified atom stereocenters. The van der Waals surface area contributed by atoms with E-state index in [-0.39, 0.29) is 6.04 Å². The summed E-state index contributed by atoms with van der Waals surface area (Å²) in [7, 11) is 0. The summed E-state index contributed by atoms with van der Waals surface area (Å²) in [5.74, 6) is 0.909. The van der Waals surface area contributed by atoms with Gasteiger partial charge in [0.25, 0.3) is 5.95 Å². The van der Waals surface area contributed by atoms with Gasteiger partial charge in [0.05, 0.1) is 6.04 Å². The van der Waals surface area contributed by atoms with Crippen LogP contribution in [0.4, 0.5) is 5.95 Å². The molecule has 1 aromatic heterocycles. The Hall–Kier alpha value is -2.57. The Kier molecular flexibility index (Phi) is 6.68. The van der Waals surface area contributed by atoms with Crippen molar-refractivity contribution in [2.75, 3.05) is 25.0 Å². The van der Waals surface area contributed by atoms with Crippen LogP contribution in [0.5, 0.6) is 0 Å². The minimum Gasteiger partial charge on any atom is -0.350 e. The van der Waals surface area contributed by atoms with Crippen LogP contribution < -0.4 is 5.32 Å². The molecule has 1 atom stereocenters. The molecule has 0 saturated carbocycles. The maximum absolute atomic E-state index is 6.44. The molecule has 140 valence electrons. The molecular formula is C20H23ClN6. The first-order chi connectivity index (χ1) is 13.2. The molecule has 6 nitrogen and oxygen atoms in total. The van der Waals surface area contributed by atoms with E-state index >= 15 is 0 Å². The highest BCUT2D eigenvalue weighted by Crippen LogP contribution is 2.27. The molecule has 0 saturated heterocycles. The van der Waals surface area contributed by atoms with E-state index < -0.39 is 0 Å². The van der Waals surface area contributed by atoms with Crippen LogP contribution in [0.2, 0.25) is 5.02 Å². The molecule has 0 aliphatic heterocycles. The smallest absolute Gasteiger partial charge is 0.262 e. The second kappa shape index (κ2) is 9.39. The number of likely N-dealkylation sites (N-methyl/N-ethyl adjacent to an activating group) is 1. The zero-order chi connectivity index (χ0) is 19.1. The number of nitrogens with one attached hydrogen (secondary N) is 1. The minimum absolute atomic E-state index is 0.103. The van der Waals surface area contributed by atoms with E-state index in [2.05, 4.69) is 50.5 Å². The van der Waals surface area contributed by atoms with E-state index in [0.717, 1.165) is 29.2 Å². The second-order valence-electron chi connectivity index (χ2n) is 6.05. The molecule has 1 heterocycles. The zero-order valence-electron chi connectivity index (χ0n) is 15.5. The molecule has 2 aromatic carbocycles. The van der Waals surface area contributed by atoms with Gasteiger partial charge in [-0.05, 0) is 24.7 Å². The Morgan fingerprint density at radius 1 is 0.889 bits per heavy atom. The summed E-state index contributed by atoms with van der Waals surface area (Å²) in [6.07, 6.45) is 0. The molecule has 0 fully saturated rings. The summed E-state index contributed by atoms with van der Waals surface area (Å²) in [5, 5.41) is 20.7. The molecule has 3 rings (SSSR count). The molecule has 3 aromatic rings. The molecule has 0 radical (unpaired) electrons. The topological polar surface area (TPSA) is 66.8 Å². The highest BCUT2D eigenvalue weighted by Gasteiger charge is 2.20. The lowest BCUT2D eigenvalue weighted by Crippen LogP contribution is -2.33. The van der Waals surface area contributed by atoms with E-state index in [1.807, 2.05) is 48.5 Å². The lowest BCUT2D eigenvalue weighted by atomic mass is 10.0. The van der Waals surface area contributed by atoms with Crippen molar-refractivity contribution >= 4 is 17.5 Å². The van der Waals surface area contributed by atoms with Gasteiger partial charge in [-0.25, -0.2) is 0 Å². The van der Waals surface area contributed by atoms with E-state index in [1.54, 1.807) is 0 Å². The maximum Gasteiger partial charge on any atom is 0.262 e. The van der Waals surface area contributed by atoms with Crippen LogP contribution in [-0.2, 0) is 0 Å². The lowest BCUT2D eigenvalue weighted by molar-refractivity contribution is 0.228. The number of hydrogen-bond donors (Lipinski definition) is 1. The molecule has 0 bridgehead atoms. The number of hydrogen-bond acceptors (Lipinski definition) is 6. The third-order valence-corrected chi connectivity index (χ3v) is 4.83. The number of aromatic nitrogens is 4. The Labute approximate surface area is 164 Å². The van der Waals surface area contributed by atoms with Gasteiger partial charge in [0, 0.05) is 17.1 Å². The van der Waals surface area contributed by atoms with Gasteiger partial charge >= 0.3 is 0 Å². The van der Waals surface area contributed by atoms with Crippen molar-refractivity contribution < 1.29 is 0 Å². The molecule has 0 aliphatic rings. The number of benzene rings is 2. The van der Waals surface area contributed by atoms with Gasteiger partial charge < -0.3 is 5.32 Å². The standard InChI is InChI=1S/C20H23ClN6/c1-3-27(4-2)18(16-12-8-9-13-17(16)21)14-22-20-25-23-19(24-26-20)15-10-6-5-7-11-15/h5-13,18H,3-4,14H2,1-2H3,(H,22,25,26). The van der Waals surface area contributed by atoms with Crippen molar-refractivity contribution in [3.8, 4) is 11.4 Å². The van der Waals surface area contributed by atoms with Gasteiger partial charge in [0.2, 0.25) is 5.82 Å². The summed E-state index contributed by atoms with van der Waals surface area (Å²) in [4.78, 5) is 2.34. The Bertz CT molecular complexity index is 837. The van der Waals surface area contributed by atoms with E-state index in [9.17, 15) is 0 Å². The van der Waals surface area contributed by atoms with E-state index in [4.69, 9.17) is 11.6 Å². The van der Waals surface area contributed by atoms with Crippen molar-refractivity contribution in [3.63, 3.8) is 0 Å². The molecule has 0 amide bonds. The number of rotatable bonds is 8. The van der Waals surface area contributed by atoms with Gasteiger partial charge in [-0.1, -0.05) is 74.0 Å². The van der Waals surface area contributed by atoms with Crippen molar-refractivity contribution in [2.45, 2.75) is 19.9 Å². The first kappa shape index (κ1) is 19.2. The predicted molar refractivity (Wildman–Crippen MR) is 109 cm³/mol. The summed E-state index contributed by atoms with van der Waals surface area (Å²) >= 11 is 6.44. The second-order valence-corrected chi connectivity index (χ2v) is 6.46. The van der Waals surface area contributed by atoms with Crippen LogP contribution in [0.25, 0.3) is 11.4 Å². The summed E-state index contributed by atoms with van der Waals surface area (Å²) in [5.41, 5.74) is 1.97. The minimum atomic E-state index is 0.103. The fourth-order valence-corrected chi connectivity index (χ4v) is 3.30. The Morgan fingerprint density at radius 3 is 2.15 bits per heavy atom. The first-order valence-electron chi connectivity index (χ1n) is 9.08. The predicted octanol–water partition coefficient (Wildman–Crippen LogP) is 4.08. The van der Waals surface area contributed by atoms with E-state index in [0.29, 0.717) is 18.3 Å². The van der Waals surface area contributed by atoms with Gasteiger partial charge in [0.1, 0.15) is 0 Å². The normalized spacial score (nSPS) is 12.1. The third kappa shape index (κ3) is 4.78. The molecule has 7 heteroatoms. The van der Waals surface area contributed by atoms with Gasteiger partial charge in [0.15, 0.2) is 0 Å². The number of halogens is 1. The third-order valence-electron chi connectivity index (χ3n) is 4.48. The summed E-state index contributed by atoms with van der Waals surface area (Å²) in [6.45, 7) is 6.72. The van der Waals surface area contributed by atoms with Gasteiger partial charge in [-0.15, -0.1) is 20.4 Å². The Morgan fingerprint density at radius 2 is 1.52 bits per heavy atom. The van der Waals surface area contributed by atoms with Crippen LogP contribution in [0.15, 0.2) is 54.6 Å². The summed E-state index contributed by atoms with van der Waals surface area (Å²) in [6, 6.07) is 17.7. The van der Waals surface area contributed by atoms with Crippen molar-refractivity contribution in [2.24, 2.45) is 0 Å². The van der Waals surface area contributed by atoms with E-state index in [1.165, 1.54) is 0 Å². The van der Waals surface area contributed by atoms with Crippen LogP contribution in [-0.4, -0.2) is 44.9 Å². The largest absolute Gasteiger partial charge is 0.350 e. The van der Waals surface area contributed by atoms with Gasteiger partial charge in [-0.2, -0.15) is 0 Å². The SMILES string of the molecule is CCN(CC)C(CNc1nnc(-c2ccccc2)nn1)c1ccccc1Cl. The highest BCUT2D eigenvalue weighted by atomic mass is 35.5. The van der Waals surface area contributed by atoms with Crippen molar-refractivity contribution in [1.82, 2.24) is 25.3 Å². The highest BCUT2D eigenvalue weighted by molar-refractivity contribution is 6.31. The van der Waals surface area contributed by atoms with Crippen LogP contribution >= 0.6 is 11.6 Å². The maximum atomic E-state index is 6.44. The van der Waals surface area contributed by atoms with Crippen LogP contribution in [0, 0.1) is 0 Å². The molecule has 1 N–H and O–H groups in total. The quantitative estimate of drug-likeness (QED) is 0.633. The molecule has 27 heavy (non-hydrogen) atoms. The fourth-order valence-electron chi connectivity index (χ4n) is 3.04. The summed E-state index contributed by atoms with van der Waals surface area (Å²) < 4.78 is 0. The monoisotopic (exact) mass is 382 g/mol. The zero-order valence-corrected chi connectivity index (χ0v) is 16.3. The van der Waals surface area contributed by atoms with Gasteiger partial charge in [-0.3, -0.25) is 4.90 Å². The molecular weight excluding hydrogens is 360 g/mol. The van der Waals surface area contributed by atoms with Crippen molar-refractivity contribution in [1.29, 1.82) is 0 Å². The first-order valence-corrected chi connectivity index (χ1v) is 9.45. The number of nitrogens with zero attached hydrogens (tertiary/aromatic N) is 5. The van der Waals surface area contributed by atoms with Crippen LogP contribution in [0.1, 0.15) is 25.5 Å². The lowest BCUT2D eigenvalue weighted by Gasteiger charge is -2.30. The van der Waals surface area contributed by atoms with Crippen LogP contribution in [0.3, 0.4) is 0 Å². The fraction of sp³-hybridized carbons (Fsp3) is 0.300. The molecule has 0 spiro atoms. The van der Waals surface area contributed by atoms with Crippen molar-refractivity contribution in [3.05, 3.63) is 65.2 Å². The average Bonchev–Trinajstić information content (AvgIpc) is 2.73. The average molecular weight is 383 g/mol. The number of anilines is 1. The molecule has 0 aliphatic carbocycles. The Balaban J connectivity index is 1.74.